The Morgan fingerprint density at radius 2 is 2.25 bits per heavy atom. The van der Waals surface area contributed by atoms with E-state index in [0.717, 1.165) is 12.8 Å². The van der Waals surface area contributed by atoms with Gasteiger partial charge in [-0.3, -0.25) is 4.79 Å². The Kier molecular flexibility index (Phi) is 4.13. The average molecular weight is 280 g/mol. The molecule has 1 atom stereocenters. The third-order valence-corrected chi connectivity index (χ3v) is 3.81. The Balaban J connectivity index is 2.11. The molecule has 1 aliphatic rings. The summed E-state index contributed by atoms with van der Waals surface area (Å²) in [7, 11) is 1.60. The zero-order valence-electron chi connectivity index (χ0n) is 11.8. The molecule has 1 aromatic heterocycles. The Hall–Kier alpha value is -1.82. The second-order valence-corrected chi connectivity index (χ2v) is 5.32. The first-order valence-electron chi connectivity index (χ1n) is 6.69. The molecule has 110 valence electrons. The first kappa shape index (κ1) is 14.6. The summed E-state index contributed by atoms with van der Waals surface area (Å²) < 4.78 is 6.75. The summed E-state index contributed by atoms with van der Waals surface area (Å²) in [5.41, 5.74) is -0.733. The number of carbonyl (C=O) groups is 2. The first-order chi connectivity index (χ1) is 9.49. The number of amides is 1. The van der Waals surface area contributed by atoms with Gasteiger partial charge in [-0.2, -0.15) is 0 Å². The molecule has 0 bridgehead atoms. The van der Waals surface area contributed by atoms with Crippen molar-refractivity contribution in [2.75, 3.05) is 13.7 Å². The minimum atomic E-state index is -1.19. The summed E-state index contributed by atoms with van der Waals surface area (Å²) in [4.78, 5) is 23.7. The van der Waals surface area contributed by atoms with Crippen molar-refractivity contribution in [3.05, 3.63) is 24.0 Å². The van der Waals surface area contributed by atoms with Crippen molar-refractivity contribution in [3.63, 3.8) is 0 Å². The molecule has 1 aliphatic carbocycles. The first-order valence-corrected chi connectivity index (χ1v) is 6.69. The molecule has 1 heterocycles. The van der Waals surface area contributed by atoms with E-state index in [0.29, 0.717) is 18.8 Å². The summed E-state index contributed by atoms with van der Waals surface area (Å²) in [5.74, 6) is -1.32. The molecule has 0 aromatic carbocycles. The van der Waals surface area contributed by atoms with E-state index in [4.69, 9.17) is 4.74 Å². The van der Waals surface area contributed by atoms with Crippen molar-refractivity contribution in [1.82, 2.24) is 9.88 Å². The summed E-state index contributed by atoms with van der Waals surface area (Å²) >= 11 is 0. The van der Waals surface area contributed by atoms with Crippen LogP contribution in [-0.4, -0.2) is 40.8 Å². The molecule has 0 radical (unpaired) electrons. The zero-order chi connectivity index (χ0) is 14.8. The molecule has 1 aromatic rings. The normalized spacial score (nSPS) is 17.5. The highest BCUT2D eigenvalue weighted by atomic mass is 16.5. The van der Waals surface area contributed by atoms with E-state index in [1.165, 1.54) is 0 Å². The van der Waals surface area contributed by atoms with Gasteiger partial charge < -0.3 is 19.7 Å². The number of carboxylic acid groups (broad SMARTS) is 1. The monoisotopic (exact) mass is 280 g/mol. The summed E-state index contributed by atoms with van der Waals surface area (Å²) in [6.07, 6.45) is 3.46. The molecular weight excluding hydrogens is 260 g/mol. The fraction of sp³-hybridized carbons (Fsp3) is 0.571. The van der Waals surface area contributed by atoms with Crippen molar-refractivity contribution in [2.45, 2.75) is 31.8 Å². The number of methoxy groups -OCH3 is 1. The van der Waals surface area contributed by atoms with Crippen molar-refractivity contribution < 1.29 is 19.4 Å². The smallest absolute Gasteiger partial charge is 0.329 e. The van der Waals surface area contributed by atoms with Gasteiger partial charge in [0.2, 0.25) is 0 Å². The summed E-state index contributed by atoms with van der Waals surface area (Å²) in [6.45, 7) is 2.63. The van der Waals surface area contributed by atoms with E-state index in [2.05, 4.69) is 5.32 Å². The van der Waals surface area contributed by atoms with E-state index in [-0.39, 0.29) is 11.8 Å². The van der Waals surface area contributed by atoms with Gasteiger partial charge in [0.1, 0.15) is 11.2 Å². The Bertz CT molecular complexity index is 507. The van der Waals surface area contributed by atoms with Crippen LogP contribution in [0.3, 0.4) is 0 Å². The predicted molar refractivity (Wildman–Crippen MR) is 72.5 cm³/mol. The lowest BCUT2D eigenvalue weighted by atomic mass is 9.96. The van der Waals surface area contributed by atoms with Crippen LogP contribution < -0.4 is 5.32 Å². The maximum atomic E-state index is 12.3. The maximum Gasteiger partial charge on any atom is 0.329 e. The number of rotatable bonds is 7. The molecule has 1 fully saturated rings. The van der Waals surface area contributed by atoms with Gasteiger partial charge >= 0.3 is 5.97 Å². The number of aliphatic carboxylic acids is 1. The minimum Gasteiger partial charge on any atom is -0.480 e. The van der Waals surface area contributed by atoms with E-state index in [9.17, 15) is 14.7 Å². The molecule has 0 spiro atoms. The van der Waals surface area contributed by atoms with Crippen molar-refractivity contribution in [3.8, 4) is 0 Å². The molecule has 2 rings (SSSR count). The highest BCUT2D eigenvalue weighted by Crippen LogP contribution is 2.39. The van der Waals surface area contributed by atoms with E-state index in [1.54, 1.807) is 36.9 Å². The molecule has 1 unspecified atom stereocenters. The predicted octanol–water partition coefficient (Wildman–Crippen LogP) is 1.12. The van der Waals surface area contributed by atoms with Crippen LogP contribution in [0.1, 0.15) is 30.3 Å². The van der Waals surface area contributed by atoms with E-state index in [1.807, 2.05) is 0 Å². The Labute approximate surface area is 117 Å². The van der Waals surface area contributed by atoms with Gasteiger partial charge in [0.15, 0.2) is 0 Å². The molecule has 1 saturated carbocycles. The molecule has 20 heavy (non-hydrogen) atoms. The van der Waals surface area contributed by atoms with Gasteiger partial charge in [-0.1, -0.05) is 0 Å². The number of hydrogen-bond acceptors (Lipinski definition) is 3. The van der Waals surface area contributed by atoms with Crippen LogP contribution in [0, 0.1) is 5.92 Å². The van der Waals surface area contributed by atoms with Crippen LogP contribution in [0.15, 0.2) is 18.3 Å². The van der Waals surface area contributed by atoms with Crippen molar-refractivity contribution in [2.24, 2.45) is 5.92 Å². The SMILES string of the molecule is COCCn1cccc1C(=O)NC(C)(C(=O)O)C1CC1. The van der Waals surface area contributed by atoms with E-state index >= 15 is 0 Å². The molecule has 0 saturated heterocycles. The van der Waals surface area contributed by atoms with Gasteiger partial charge in [0.25, 0.3) is 5.91 Å². The quantitative estimate of drug-likeness (QED) is 0.784. The van der Waals surface area contributed by atoms with Gasteiger partial charge in [-0.05, 0) is 37.8 Å². The summed E-state index contributed by atoms with van der Waals surface area (Å²) in [5, 5.41) is 12.0. The minimum absolute atomic E-state index is 0.0198. The van der Waals surface area contributed by atoms with Crippen LogP contribution in [0.4, 0.5) is 0 Å². The highest BCUT2D eigenvalue weighted by Gasteiger charge is 2.48. The molecule has 6 heteroatoms. The third-order valence-electron chi connectivity index (χ3n) is 3.81. The molecule has 2 N–H and O–H groups in total. The third kappa shape index (κ3) is 2.85. The Morgan fingerprint density at radius 3 is 2.80 bits per heavy atom. The standard InChI is InChI=1S/C14H20N2O4/c1-14(13(18)19,10-5-6-10)15-12(17)11-4-3-7-16(11)8-9-20-2/h3-4,7,10H,5-6,8-9H2,1-2H3,(H,15,17)(H,18,19). The van der Waals surface area contributed by atoms with Crippen molar-refractivity contribution in [1.29, 1.82) is 0 Å². The number of nitrogens with one attached hydrogen (secondary N) is 1. The molecule has 0 aliphatic heterocycles. The number of nitrogens with zero attached hydrogens (tertiary/aromatic N) is 1. The van der Waals surface area contributed by atoms with Crippen LogP contribution in [0.2, 0.25) is 0 Å². The number of carbonyl (C=O) groups excluding carboxylic acids is 1. The number of ether oxygens (including phenoxy) is 1. The van der Waals surface area contributed by atoms with Gasteiger partial charge in [-0.15, -0.1) is 0 Å². The molecule has 6 nitrogen and oxygen atoms in total. The van der Waals surface area contributed by atoms with E-state index < -0.39 is 11.5 Å². The lowest BCUT2D eigenvalue weighted by Crippen LogP contribution is -2.54. The van der Waals surface area contributed by atoms with Gasteiger partial charge in [0.05, 0.1) is 6.61 Å². The molecular formula is C14H20N2O4. The second-order valence-electron chi connectivity index (χ2n) is 5.32. The van der Waals surface area contributed by atoms with Crippen LogP contribution in [-0.2, 0) is 16.1 Å². The number of hydrogen-bond donors (Lipinski definition) is 2. The fourth-order valence-corrected chi connectivity index (χ4v) is 2.30. The average Bonchev–Trinajstić information content (AvgIpc) is 3.15. The van der Waals surface area contributed by atoms with Crippen LogP contribution in [0.25, 0.3) is 0 Å². The number of carboxylic acids is 1. The van der Waals surface area contributed by atoms with Gasteiger partial charge in [-0.25, -0.2) is 4.79 Å². The molecule has 1 amide bonds. The lowest BCUT2D eigenvalue weighted by Gasteiger charge is -2.26. The maximum absolute atomic E-state index is 12.3. The highest BCUT2D eigenvalue weighted by molar-refractivity contribution is 5.96. The van der Waals surface area contributed by atoms with Gasteiger partial charge in [0, 0.05) is 19.9 Å². The lowest BCUT2D eigenvalue weighted by molar-refractivity contribution is -0.144. The van der Waals surface area contributed by atoms with Crippen LogP contribution in [0.5, 0.6) is 0 Å². The second kappa shape index (κ2) is 5.66. The zero-order valence-corrected chi connectivity index (χ0v) is 11.8. The van der Waals surface area contributed by atoms with Crippen molar-refractivity contribution >= 4 is 11.9 Å². The summed E-state index contributed by atoms with van der Waals surface area (Å²) in [6, 6.07) is 3.44. The largest absolute Gasteiger partial charge is 0.480 e. The number of aromatic nitrogens is 1. The topological polar surface area (TPSA) is 80.6 Å². The van der Waals surface area contributed by atoms with Crippen LogP contribution >= 0.6 is 0 Å². The Morgan fingerprint density at radius 1 is 1.55 bits per heavy atom. The fourth-order valence-electron chi connectivity index (χ4n) is 2.30.